The molecule has 0 aliphatic carbocycles. The van der Waals surface area contributed by atoms with Gasteiger partial charge in [-0.3, -0.25) is 14.2 Å². The summed E-state index contributed by atoms with van der Waals surface area (Å²) in [5, 5.41) is 9.63. The highest BCUT2D eigenvalue weighted by molar-refractivity contribution is 7.58. The van der Waals surface area contributed by atoms with Crippen LogP contribution in [0.5, 0.6) is 0 Å². The molecule has 0 bridgehead atoms. The Bertz CT molecular complexity index is 1180. The number of unbranched alkanes of at least 4 members (excludes halogenated alkanes) is 1. The largest absolute Gasteiger partial charge is 0.480 e. The highest BCUT2D eigenvalue weighted by Gasteiger charge is 2.42. The quantitative estimate of drug-likeness (QED) is 0.169. The summed E-state index contributed by atoms with van der Waals surface area (Å²) in [5.74, 6) is -2.38. The second-order valence-corrected chi connectivity index (χ2v) is 13.3. The van der Waals surface area contributed by atoms with E-state index >= 15 is 0 Å². The highest BCUT2D eigenvalue weighted by atomic mass is 31.2. The Morgan fingerprint density at radius 1 is 1.08 bits per heavy atom. The lowest BCUT2D eigenvalue weighted by Gasteiger charge is -2.27. The summed E-state index contributed by atoms with van der Waals surface area (Å²) in [4.78, 5) is 49.9. The lowest BCUT2D eigenvalue weighted by molar-refractivity contribution is -0.149. The van der Waals surface area contributed by atoms with E-state index in [2.05, 4.69) is 0 Å². The molecule has 1 aliphatic heterocycles. The molecule has 38 heavy (non-hydrogen) atoms. The summed E-state index contributed by atoms with van der Waals surface area (Å²) in [5.41, 5.74) is 6.61. The van der Waals surface area contributed by atoms with Crippen LogP contribution in [0.15, 0.2) is 54.6 Å². The van der Waals surface area contributed by atoms with Crippen LogP contribution >= 0.6 is 7.37 Å². The van der Waals surface area contributed by atoms with Gasteiger partial charge in [0.2, 0.25) is 7.37 Å². The molecular weight excluding hydrogens is 503 g/mol. The molecule has 3 atom stereocenters. The van der Waals surface area contributed by atoms with Crippen molar-refractivity contribution in [2.75, 3.05) is 18.9 Å². The van der Waals surface area contributed by atoms with Crippen molar-refractivity contribution in [1.82, 2.24) is 4.90 Å². The summed E-state index contributed by atoms with van der Waals surface area (Å²) in [6.07, 6.45) is 1.39. The van der Waals surface area contributed by atoms with E-state index in [9.17, 15) is 28.9 Å². The van der Waals surface area contributed by atoms with Gasteiger partial charge in [-0.05, 0) is 54.7 Å². The molecule has 0 spiro atoms. The Balaban J connectivity index is 1.58. The van der Waals surface area contributed by atoms with E-state index in [0.717, 1.165) is 16.7 Å². The van der Waals surface area contributed by atoms with Gasteiger partial charge in [-0.25, -0.2) is 4.79 Å². The average molecular weight is 543 g/mol. The second-order valence-electron chi connectivity index (χ2n) is 10.8. The standard InChI is InChI=1S/C29H39N2O6P/c1-21(2)18-29(30,28(34)35)26(32)15-14-24(22-10-4-3-5-11-22)20-38(36,37)17-9-8-16-31-19-23-12-6-7-13-25(23)27(31)33/h3-7,10-13,21,24H,8-9,14-20,30H2,1-2H3,(H,34,35)(H,36,37)/t24?,29-/m1/s1. The summed E-state index contributed by atoms with van der Waals surface area (Å²) >= 11 is 0. The molecule has 3 rings (SSSR count). The van der Waals surface area contributed by atoms with Gasteiger partial charge >= 0.3 is 5.97 Å². The van der Waals surface area contributed by atoms with Crippen LogP contribution in [0.4, 0.5) is 0 Å². The fourth-order valence-corrected chi connectivity index (χ4v) is 7.16. The van der Waals surface area contributed by atoms with Crippen LogP contribution in [0.25, 0.3) is 0 Å². The predicted octanol–water partition coefficient (Wildman–Crippen LogP) is 4.65. The molecule has 206 valence electrons. The van der Waals surface area contributed by atoms with Crippen LogP contribution in [0.1, 0.15) is 73.4 Å². The fraction of sp³-hybridized carbons (Fsp3) is 0.483. The summed E-state index contributed by atoms with van der Waals surface area (Å²) in [6.45, 7) is 4.70. The number of nitrogens with two attached hydrogens (primary N) is 1. The number of hydrogen-bond donors (Lipinski definition) is 3. The van der Waals surface area contributed by atoms with E-state index in [1.54, 1.807) is 4.90 Å². The van der Waals surface area contributed by atoms with E-state index in [-0.39, 0.29) is 49.3 Å². The number of carbonyl (C=O) groups is 3. The van der Waals surface area contributed by atoms with Crippen LogP contribution in [-0.4, -0.2) is 57.0 Å². The molecule has 9 heteroatoms. The number of carboxylic acid groups (broad SMARTS) is 1. The van der Waals surface area contributed by atoms with Gasteiger partial charge in [0, 0.05) is 37.4 Å². The molecule has 2 aromatic carbocycles. The smallest absolute Gasteiger partial charge is 0.331 e. The van der Waals surface area contributed by atoms with Gasteiger partial charge in [-0.15, -0.1) is 0 Å². The van der Waals surface area contributed by atoms with Gasteiger partial charge < -0.3 is 20.6 Å². The first-order chi connectivity index (χ1) is 17.9. The minimum atomic E-state index is -3.55. The molecule has 4 N–H and O–H groups in total. The lowest BCUT2D eigenvalue weighted by Crippen LogP contribution is -2.55. The number of rotatable bonds is 15. The van der Waals surface area contributed by atoms with E-state index in [1.807, 2.05) is 68.4 Å². The molecule has 2 aromatic rings. The maximum Gasteiger partial charge on any atom is 0.331 e. The van der Waals surface area contributed by atoms with Crippen LogP contribution < -0.4 is 5.73 Å². The van der Waals surface area contributed by atoms with Crippen LogP contribution in [0.3, 0.4) is 0 Å². The van der Waals surface area contributed by atoms with Gasteiger partial charge in [0.1, 0.15) is 0 Å². The first-order valence-corrected chi connectivity index (χ1v) is 15.2. The van der Waals surface area contributed by atoms with Crippen LogP contribution in [0.2, 0.25) is 0 Å². The number of carboxylic acids is 1. The van der Waals surface area contributed by atoms with Crippen molar-refractivity contribution >= 4 is 25.0 Å². The Hall–Kier alpha value is -2.80. The number of Topliss-reactive ketones (excluding diaryl/α,β-unsaturated/α-hetero) is 1. The molecule has 0 aromatic heterocycles. The Morgan fingerprint density at radius 2 is 1.74 bits per heavy atom. The highest BCUT2D eigenvalue weighted by Crippen LogP contribution is 2.47. The number of benzene rings is 2. The van der Waals surface area contributed by atoms with Gasteiger partial charge in [-0.2, -0.15) is 0 Å². The molecule has 1 heterocycles. The van der Waals surface area contributed by atoms with Crippen molar-refractivity contribution in [1.29, 1.82) is 0 Å². The van der Waals surface area contributed by atoms with Gasteiger partial charge in [0.25, 0.3) is 5.91 Å². The molecule has 0 radical (unpaired) electrons. The zero-order valence-electron chi connectivity index (χ0n) is 22.2. The monoisotopic (exact) mass is 542 g/mol. The summed E-state index contributed by atoms with van der Waals surface area (Å²) in [6, 6.07) is 16.7. The molecule has 2 unspecified atom stereocenters. The first-order valence-electron chi connectivity index (χ1n) is 13.2. The molecule has 0 saturated carbocycles. The fourth-order valence-electron chi connectivity index (χ4n) is 5.17. The molecule has 8 nitrogen and oxygen atoms in total. The van der Waals surface area contributed by atoms with E-state index in [0.29, 0.717) is 25.9 Å². The van der Waals surface area contributed by atoms with Crippen LogP contribution in [-0.2, 0) is 20.7 Å². The normalized spacial score (nSPS) is 17.1. The van der Waals surface area contributed by atoms with Crippen LogP contribution in [0, 0.1) is 5.92 Å². The third kappa shape index (κ3) is 7.62. The molecule has 0 fully saturated rings. The zero-order chi connectivity index (χ0) is 27.9. The Labute approximate surface area is 224 Å². The maximum absolute atomic E-state index is 13.2. The zero-order valence-corrected chi connectivity index (χ0v) is 23.1. The average Bonchev–Trinajstić information content (AvgIpc) is 3.19. The number of hydrogen-bond acceptors (Lipinski definition) is 5. The Morgan fingerprint density at radius 3 is 2.37 bits per heavy atom. The van der Waals surface area contributed by atoms with Crippen molar-refractivity contribution in [3.05, 3.63) is 71.3 Å². The number of ketones is 1. The number of carbonyl (C=O) groups excluding carboxylic acids is 2. The lowest BCUT2D eigenvalue weighted by atomic mass is 9.82. The first kappa shape index (κ1) is 29.8. The summed E-state index contributed by atoms with van der Waals surface area (Å²) in [7, 11) is -3.55. The van der Waals surface area contributed by atoms with Gasteiger partial charge in [-0.1, -0.05) is 62.4 Å². The van der Waals surface area contributed by atoms with E-state index < -0.39 is 24.7 Å². The number of fused-ring (bicyclic) bond motifs is 1. The topological polar surface area (TPSA) is 138 Å². The molecule has 1 aliphatic rings. The van der Waals surface area contributed by atoms with Crippen molar-refractivity contribution in [2.45, 2.75) is 64.0 Å². The van der Waals surface area contributed by atoms with Crippen molar-refractivity contribution in [3.63, 3.8) is 0 Å². The predicted molar refractivity (Wildman–Crippen MR) is 147 cm³/mol. The number of nitrogens with zero attached hydrogens (tertiary/aromatic N) is 1. The molecular formula is C29H39N2O6P. The minimum absolute atomic E-state index is 0.00334. The SMILES string of the molecule is CC(C)C[C@](N)(C(=O)O)C(=O)CCC(CP(=O)(O)CCCCN1Cc2ccccc2C1=O)c1ccccc1. The number of aliphatic carboxylic acids is 1. The van der Waals surface area contributed by atoms with Crippen molar-refractivity contribution in [3.8, 4) is 0 Å². The second kappa shape index (κ2) is 12.8. The minimum Gasteiger partial charge on any atom is -0.480 e. The number of amides is 1. The third-order valence-electron chi connectivity index (χ3n) is 7.19. The van der Waals surface area contributed by atoms with E-state index in [4.69, 9.17) is 5.73 Å². The maximum atomic E-state index is 13.2. The third-order valence-corrected chi connectivity index (χ3v) is 9.21. The van der Waals surface area contributed by atoms with Crippen molar-refractivity contribution in [2.24, 2.45) is 11.7 Å². The van der Waals surface area contributed by atoms with Gasteiger partial charge in [0.05, 0.1) is 0 Å². The van der Waals surface area contributed by atoms with Gasteiger partial charge in [0.15, 0.2) is 11.3 Å². The van der Waals surface area contributed by atoms with E-state index in [1.165, 1.54) is 0 Å². The molecule has 1 amide bonds. The molecule has 0 saturated heterocycles. The van der Waals surface area contributed by atoms with Crippen molar-refractivity contribution < 1.29 is 28.9 Å². The Kier molecular flexibility index (Phi) is 10.0. The summed E-state index contributed by atoms with van der Waals surface area (Å²) < 4.78 is 13.2.